The fraction of sp³-hybridized carbons (Fsp3) is 0.0714. The molecule has 7 nitrogen and oxygen atoms in total. The van der Waals surface area contributed by atoms with Gasteiger partial charge in [0.1, 0.15) is 17.3 Å². The van der Waals surface area contributed by atoms with Gasteiger partial charge in [-0.15, -0.1) is 11.3 Å². The maximum atomic E-state index is 13.1. The first-order chi connectivity index (χ1) is 17.5. The van der Waals surface area contributed by atoms with E-state index in [9.17, 15) is 4.79 Å². The van der Waals surface area contributed by atoms with Gasteiger partial charge < -0.3 is 24.8 Å². The number of furan rings is 1. The maximum Gasteiger partial charge on any atom is 0.272 e. The number of para-hydroxylation sites is 1. The molecule has 0 bridgehead atoms. The first-order valence-electron chi connectivity index (χ1n) is 11.3. The van der Waals surface area contributed by atoms with Gasteiger partial charge in [0.05, 0.1) is 25.3 Å². The number of thiophene rings is 1. The number of hydrogen-bond acceptors (Lipinski definition) is 6. The van der Waals surface area contributed by atoms with Crippen LogP contribution in [-0.4, -0.2) is 22.6 Å². The fourth-order valence-corrected chi connectivity index (χ4v) is 5.68. The number of hydrogen-bond donors (Lipinski definition) is 2. The standard InChI is InChI=1S/C28H22N4O3S/c1-32-22-6-4-3-5-17(22)11-23(32)28(33)31-21-8-7-16(12-24(21)34-2)20-15-36-26-19(18-9-10-35-14-18)13-30-27(29)25(20)26/h3-15H,1-2H3,(H2,29,30)(H,31,33). The lowest BCUT2D eigenvalue weighted by molar-refractivity contribution is 0.101. The molecular weight excluding hydrogens is 472 g/mol. The molecule has 8 heteroatoms. The van der Waals surface area contributed by atoms with Gasteiger partial charge in [0, 0.05) is 50.9 Å². The average Bonchev–Trinajstić information content (AvgIpc) is 3.65. The van der Waals surface area contributed by atoms with Crippen LogP contribution in [0.15, 0.2) is 83.1 Å². The number of carbonyl (C=O) groups excluding carboxylic acids is 1. The van der Waals surface area contributed by atoms with Crippen LogP contribution in [0.2, 0.25) is 0 Å². The number of nitrogens with two attached hydrogens (primary N) is 1. The van der Waals surface area contributed by atoms with Crippen molar-refractivity contribution < 1.29 is 13.9 Å². The maximum absolute atomic E-state index is 13.1. The van der Waals surface area contributed by atoms with Gasteiger partial charge in [-0.2, -0.15) is 0 Å². The van der Waals surface area contributed by atoms with Gasteiger partial charge in [-0.25, -0.2) is 4.98 Å². The Hall–Kier alpha value is -4.56. The minimum atomic E-state index is -0.209. The first-order valence-corrected chi connectivity index (χ1v) is 12.2. The first kappa shape index (κ1) is 21.9. The highest BCUT2D eigenvalue weighted by atomic mass is 32.1. The van der Waals surface area contributed by atoms with Crippen molar-refractivity contribution in [1.82, 2.24) is 9.55 Å². The number of fused-ring (bicyclic) bond motifs is 2. The zero-order chi connectivity index (χ0) is 24.8. The SMILES string of the molecule is COc1cc(-c2csc3c(-c4ccoc4)cnc(N)c23)ccc1NC(=O)c1cc2ccccc2n1C. The predicted molar refractivity (Wildman–Crippen MR) is 145 cm³/mol. The largest absolute Gasteiger partial charge is 0.495 e. The molecule has 0 aliphatic heterocycles. The number of nitrogens with zero attached hydrogens (tertiary/aromatic N) is 2. The van der Waals surface area contributed by atoms with Gasteiger partial charge in [0.15, 0.2) is 0 Å². The molecule has 4 heterocycles. The lowest BCUT2D eigenvalue weighted by atomic mass is 10.0. The third-order valence-electron chi connectivity index (χ3n) is 6.40. The molecule has 0 saturated heterocycles. The summed E-state index contributed by atoms with van der Waals surface area (Å²) in [6.45, 7) is 0. The number of carbonyl (C=O) groups is 1. The van der Waals surface area contributed by atoms with Gasteiger partial charge >= 0.3 is 0 Å². The van der Waals surface area contributed by atoms with Crippen LogP contribution < -0.4 is 15.8 Å². The number of ether oxygens (including phenoxy) is 1. The number of nitrogens with one attached hydrogen (secondary N) is 1. The number of aryl methyl sites for hydroxylation is 1. The molecule has 2 aromatic carbocycles. The quantitative estimate of drug-likeness (QED) is 0.283. The summed E-state index contributed by atoms with van der Waals surface area (Å²) in [5.41, 5.74) is 12.3. The Morgan fingerprint density at radius 3 is 2.75 bits per heavy atom. The molecule has 6 aromatic rings. The lowest BCUT2D eigenvalue weighted by Crippen LogP contribution is -2.16. The molecule has 4 aromatic heterocycles. The molecule has 36 heavy (non-hydrogen) atoms. The molecule has 0 aliphatic carbocycles. The molecule has 0 saturated carbocycles. The van der Waals surface area contributed by atoms with Crippen LogP contribution in [0.5, 0.6) is 5.75 Å². The topological polar surface area (TPSA) is 95.3 Å². The van der Waals surface area contributed by atoms with Gasteiger partial charge in [0.2, 0.25) is 0 Å². The van der Waals surface area contributed by atoms with Crippen molar-refractivity contribution in [1.29, 1.82) is 0 Å². The molecule has 0 unspecified atom stereocenters. The van der Waals surface area contributed by atoms with E-state index in [0.29, 0.717) is 22.9 Å². The van der Waals surface area contributed by atoms with Crippen LogP contribution >= 0.6 is 11.3 Å². The zero-order valence-electron chi connectivity index (χ0n) is 19.6. The van der Waals surface area contributed by atoms with Gasteiger partial charge in [0.25, 0.3) is 5.91 Å². The van der Waals surface area contributed by atoms with Crippen LogP contribution in [0.1, 0.15) is 10.5 Å². The van der Waals surface area contributed by atoms with Crippen LogP contribution in [0.3, 0.4) is 0 Å². The van der Waals surface area contributed by atoms with Gasteiger partial charge in [-0.1, -0.05) is 24.3 Å². The molecule has 0 aliphatic rings. The normalized spacial score (nSPS) is 11.3. The van der Waals surface area contributed by atoms with E-state index in [1.54, 1.807) is 37.2 Å². The van der Waals surface area contributed by atoms with E-state index in [-0.39, 0.29) is 5.91 Å². The summed E-state index contributed by atoms with van der Waals surface area (Å²) in [6.07, 6.45) is 5.11. The molecule has 178 valence electrons. The summed E-state index contributed by atoms with van der Waals surface area (Å²) in [7, 11) is 3.47. The van der Waals surface area contributed by atoms with Crippen molar-refractivity contribution in [2.75, 3.05) is 18.2 Å². The van der Waals surface area contributed by atoms with E-state index in [1.807, 2.05) is 66.2 Å². The third kappa shape index (κ3) is 3.50. The number of amides is 1. The number of anilines is 2. The van der Waals surface area contributed by atoms with E-state index < -0.39 is 0 Å². The highest BCUT2D eigenvalue weighted by Gasteiger charge is 2.19. The van der Waals surface area contributed by atoms with E-state index in [0.717, 1.165) is 43.2 Å². The predicted octanol–water partition coefficient (Wildman–Crippen LogP) is 6.56. The van der Waals surface area contributed by atoms with Crippen LogP contribution in [0.4, 0.5) is 11.5 Å². The Morgan fingerprint density at radius 1 is 1.11 bits per heavy atom. The summed E-state index contributed by atoms with van der Waals surface area (Å²) in [5.74, 6) is 0.802. The molecule has 1 amide bonds. The number of pyridine rings is 1. The summed E-state index contributed by atoms with van der Waals surface area (Å²) < 4.78 is 13.8. The highest BCUT2D eigenvalue weighted by molar-refractivity contribution is 7.18. The third-order valence-corrected chi connectivity index (χ3v) is 7.42. The molecular formula is C28H22N4O3S. The van der Waals surface area contributed by atoms with Crippen molar-refractivity contribution in [2.45, 2.75) is 0 Å². The van der Waals surface area contributed by atoms with E-state index in [2.05, 4.69) is 15.7 Å². The molecule has 0 fully saturated rings. The Bertz CT molecular complexity index is 1750. The Balaban J connectivity index is 1.37. The second kappa shape index (κ2) is 8.58. The van der Waals surface area contributed by atoms with Crippen molar-refractivity contribution in [3.05, 3.63) is 84.4 Å². The number of benzene rings is 2. The molecule has 0 radical (unpaired) electrons. The van der Waals surface area contributed by atoms with Gasteiger partial charge in [-0.05, 0) is 41.3 Å². The Morgan fingerprint density at radius 2 is 1.97 bits per heavy atom. The zero-order valence-corrected chi connectivity index (χ0v) is 20.4. The second-order valence-corrected chi connectivity index (χ2v) is 9.32. The minimum Gasteiger partial charge on any atom is -0.495 e. The van der Waals surface area contributed by atoms with E-state index >= 15 is 0 Å². The van der Waals surface area contributed by atoms with Crippen LogP contribution in [0, 0.1) is 0 Å². The van der Waals surface area contributed by atoms with Crippen LogP contribution in [-0.2, 0) is 7.05 Å². The van der Waals surface area contributed by atoms with E-state index in [4.69, 9.17) is 14.9 Å². The number of rotatable bonds is 5. The highest BCUT2D eigenvalue weighted by Crippen LogP contribution is 2.43. The van der Waals surface area contributed by atoms with E-state index in [1.165, 1.54) is 0 Å². The van der Waals surface area contributed by atoms with Crippen LogP contribution in [0.25, 0.3) is 43.2 Å². The summed E-state index contributed by atoms with van der Waals surface area (Å²) >= 11 is 1.60. The smallest absolute Gasteiger partial charge is 0.272 e. The Kier molecular flexibility index (Phi) is 5.23. The summed E-state index contributed by atoms with van der Waals surface area (Å²) in [5, 5.41) is 6.96. The monoisotopic (exact) mass is 494 g/mol. The number of nitrogen functional groups attached to an aromatic ring is 1. The lowest BCUT2D eigenvalue weighted by Gasteiger charge is -2.13. The van der Waals surface area contributed by atoms with Crippen molar-refractivity contribution in [2.24, 2.45) is 7.05 Å². The average molecular weight is 495 g/mol. The minimum absolute atomic E-state index is 0.209. The van der Waals surface area contributed by atoms with Crippen molar-refractivity contribution in [3.63, 3.8) is 0 Å². The summed E-state index contributed by atoms with van der Waals surface area (Å²) in [4.78, 5) is 17.6. The number of methoxy groups -OCH3 is 1. The summed E-state index contributed by atoms with van der Waals surface area (Å²) in [6, 6.07) is 17.4. The Labute approximate surface area is 210 Å². The van der Waals surface area contributed by atoms with Gasteiger partial charge in [-0.3, -0.25) is 4.79 Å². The second-order valence-electron chi connectivity index (χ2n) is 8.44. The van der Waals surface area contributed by atoms with Crippen molar-refractivity contribution >= 4 is 49.7 Å². The van der Waals surface area contributed by atoms with Crippen molar-refractivity contribution in [3.8, 4) is 28.0 Å². The molecule has 0 spiro atoms. The number of aromatic nitrogens is 2. The molecule has 3 N–H and O–H groups in total. The molecule has 0 atom stereocenters. The fourth-order valence-electron chi connectivity index (χ4n) is 4.56. The molecule has 6 rings (SSSR count).